The topological polar surface area (TPSA) is 30.9 Å². The summed E-state index contributed by atoms with van der Waals surface area (Å²) in [5, 5.41) is 3.54. The van der Waals surface area contributed by atoms with Crippen molar-refractivity contribution in [1.29, 1.82) is 0 Å². The minimum atomic E-state index is 0.800. The Bertz CT molecular complexity index is 289. The third-order valence-corrected chi connectivity index (χ3v) is 4.23. The Kier molecular flexibility index (Phi) is 9.48. The minimum absolute atomic E-state index is 0.800. The fourth-order valence-corrected chi connectivity index (χ4v) is 3.00. The molecule has 1 heterocycles. The summed E-state index contributed by atoms with van der Waals surface area (Å²) in [5.41, 5.74) is 0. The van der Waals surface area contributed by atoms with Gasteiger partial charge >= 0.3 is 0 Å². The van der Waals surface area contributed by atoms with Gasteiger partial charge in [-0.05, 0) is 52.2 Å². The van der Waals surface area contributed by atoms with Crippen LogP contribution in [0.25, 0.3) is 0 Å². The highest BCUT2D eigenvalue weighted by Crippen LogP contribution is 2.15. The molecule has 1 unspecified atom stereocenters. The molecule has 4 heteroatoms. The molecule has 0 aromatic rings. The normalized spacial score (nSPS) is 20.1. The van der Waals surface area contributed by atoms with Gasteiger partial charge < -0.3 is 15.1 Å². The average molecular weight is 297 g/mol. The van der Waals surface area contributed by atoms with Crippen LogP contribution in [0.4, 0.5) is 0 Å². The van der Waals surface area contributed by atoms with Gasteiger partial charge in [0.15, 0.2) is 5.96 Å². The number of piperidine rings is 1. The zero-order chi connectivity index (χ0) is 15.5. The third kappa shape index (κ3) is 8.30. The first-order chi connectivity index (χ1) is 10.1. The van der Waals surface area contributed by atoms with E-state index >= 15 is 0 Å². The number of likely N-dealkylation sites (tertiary alicyclic amines) is 1. The number of nitrogens with zero attached hydrogens (tertiary/aromatic N) is 3. The molecule has 0 spiro atoms. The molecule has 0 saturated carbocycles. The summed E-state index contributed by atoms with van der Waals surface area (Å²) in [6.07, 6.45) is 9.28. The van der Waals surface area contributed by atoms with Crippen LogP contribution in [0, 0.1) is 5.92 Å². The van der Waals surface area contributed by atoms with Crippen LogP contribution in [0.5, 0.6) is 0 Å². The summed E-state index contributed by atoms with van der Waals surface area (Å²) in [6.45, 7) is 6.94. The molecule has 0 aromatic heterocycles. The molecule has 0 radical (unpaired) electrons. The smallest absolute Gasteiger partial charge is 0.193 e. The number of aliphatic imine (C=N–C) groups is 1. The molecule has 1 fully saturated rings. The molecule has 1 N–H and O–H groups in total. The van der Waals surface area contributed by atoms with Crippen molar-refractivity contribution in [3.05, 3.63) is 0 Å². The average Bonchev–Trinajstić information content (AvgIpc) is 2.45. The Hall–Kier alpha value is -0.770. The predicted octanol–water partition coefficient (Wildman–Crippen LogP) is 2.81. The quantitative estimate of drug-likeness (QED) is 0.424. The van der Waals surface area contributed by atoms with Gasteiger partial charge in [0.1, 0.15) is 0 Å². The van der Waals surface area contributed by atoms with E-state index in [9.17, 15) is 0 Å². The summed E-state index contributed by atoms with van der Waals surface area (Å²) in [6, 6.07) is 0. The van der Waals surface area contributed by atoms with E-state index in [-0.39, 0.29) is 0 Å². The lowest BCUT2D eigenvalue weighted by molar-refractivity contribution is 0.266. The molecule has 124 valence electrons. The van der Waals surface area contributed by atoms with Gasteiger partial charge in [-0.15, -0.1) is 0 Å². The van der Waals surface area contributed by atoms with E-state index < -0.39 is 0 Å². The molecular weight excluding hydrogens is 260 g/mol. The van der Waals surface area contributed by atoms with Gasteiger partial charge in [0, 0.05) is 26.7 Å². The monoisotopic (exact) mass is 296 g/mol. The predicted molar refractivity (Wildman–Crippen MR) is 93.0 cm³/mol. The first-order valence-electron chi connectivity index (χ1n) is 8.73. The molecule has 0 aromatic carbocycles. The molecule has 1 atom stereocenters. The molecular formula is C17H36N4. The molecule has 4 nitrogen and oxygen atoms in total. The highest BCUT2D eigenvalue weighted by Gasteiger charge is 2.18. The van der Waals surface area contributed by atoms with Crippen LogP contribution in [-0.4, -0.2) is 63.1 Å². The lowest BCUT2D eigenvalue weighted by atomic mass is 10.0. The van der Waals surface area contributed by atoms with Gasteiger partial charge in [0.05, 0.1) is 0 Å². The Balaban J connectivity index is 2.05. The van der Waals surface area contributed by atoms with Crippen molar-refractivity contribution in [2.75, 3.05) is 47.3 Å². The first-order valence-corrected chi connectivity index (χ1v) is 8.73. The number of hydrogen-bond donors (Lipinski definition) is 1. The number of rotatable bonds is 8. The van der Waals surface area contributed by atoms with Crippen molar-refractivity contribution in [1.82, 2.24) is 15.1 Å². The fraction of sp³-hybridized carbons (Fsp3) is 0.941. The molecule has 0 amide bonds. The van der Waals surface area contributed by atoms with E-state index in [2.05, 4.69) is 41.1 Å². The van der Waals surface area contributed by atoms with Gasteiger partial charge in [0.25, 0.3) is 0 Å². The van der Waals surface area contributed by atoms with Gasteiger partial charge in [-0.3, -0.25) is 4.99 Å². The molecule has 21 heavy (non-hydrogen) atoms. The molecule has 1 aliphatic rings. The van der Waals surface area contributed by atoms with Gasteiger partial charge in [-0.25, -0.2) is 0 Å². The Morgan fingerprint density at radius 3 is 2.57 bits per heavy atom. The molecule has 0 bridgehead atoms. The van der Waals surface area contributed by atoms with Crippen molar-refractivity contribution in [2.45, 2.75) is 51.9 Å². The van der Waals surface area contributed by atoms with Crippen LogP contribution in [-0.2, 0) is 0 Å². The van der Waals surface area contributed by atoms with E-state index in [1.165, 1.54) is 51.5 Å². The zero-order valence-electron chi connectivity index (χ0n) is 14.7. The largest absolute Gasteiger partial charge is 0.356 e. The lowest BCUT2D eigenvalue weighted by Crippen LogP contribution is -2.46. The Morgan fingerprint density at radius 2 is 1.90 bits per heavy atom. The lowest BCUT2D eigenvalue weighted by Gasteiger charge is -2.33. The van der Waals surface area contributed by atoms with E-state index in [1.807, 2.05) is 7.05 Å². The van der Waals surface area contributed by atoms with Crippen LogP contribution >= 0.6 is 0 Å². The van der Waals surface area contributed by atoms with E-state index in [4.69, 9.17) is 0 Å². The van der Waals surface area contributed by atoms with Crippen LogP contribution < -0.4 is 5.32 Å². The maximum absolute atomic E-state index is 4.44. The van der Waals surface area contributed by atoms with Crippen molar-refractivity contribution in [2.24, 2.45) is 10.9 Å². The second-order valence-corrected chi connectivity index (χ2v) is 6.74. The van der Waals surface area contributed by atoms with Crippen molar-refractivity contribution in [3.63, 3.8) is 0 Å². The summed E-state index contributed by atoms with van der Waals surface area (Å²) in [4.78, 5) is 9.13. The summed E-state index contributed by atoms with van der Waals surface area (Å²) in [7, 11) is 6.21. The van der Waals surface area contributed by atoms with Crippen LogP contribution in [0.2, 0.25) is 0 Å². The number of guanidine groups is 1. The summed E-state index contributed by atoms with van der Waals surface area (Å²) < 4.78 is 0. The second-order valence-electron chi connectivity index (χ2n) is 6.74. The van der Waals surface area contributed by atoms with Gasteiger partial charge in [-0.1, -0.05) is 26.2 Å². The number of unbranched alkanes of at least 4 members (excludes halogenated alkanes) is 4. The number of hydrogen-bond acceptors (Lipinski definition) is 2. The molecule has 0 aliphatic carbocycles. The Morgan fingerprint density at radius 1 is 1.19 bits per heavy atom. The second kappa shape index (κ2) is 10.9. The molecule has 1 aliphatic heterocycles. The van der Waals surface area contributed by atoms with Crippen LogP contribution in [0.15, 0.2) is 4.99 Å². The molecule has 1 rings (SSSR count). The number of nitrogens with one attached hydrogen (secondary N) is 1. The fourth-order valence-electron chi connectivity index (χ4n) is 3.00. The van der Waals surface area contributed by atoms with Crippen LogP contribution in [0.3, 0.4) is 0 Å². The van der Waals surface area contributed by atoms with Crippen LogP contribution in [0.1, 0.15) is 51.9 Å². The standard InChI is InChI=1S/C17H36N4/c1-16-11-10-14-21(15-16)17(18-2)19-12-8-6-5-7-9-13-20(3)4/h16H,5-15H2,1-4H3,(H,18,19). The highest BCUT2D eigenvalue weighted by atomic mass is 15.3. The third-order valence-electron chi connectivity index (χ3n) is 4.23. The highest BCUT2D eigenvalue weighted by molar-refractivity contribution is 5.79. The SMILES string of the molecule is CN=C(NCCCCCCCN(C)C)N1CCCC(C)C1. The van der Waals surface area contributed by atoms with E-state index in [0.717, 1.165) is 31.5 Å². The first kappa shape index (κ1) is 18.3. The van der Waals surface area contributed by atoms with Crippen molar-refractivity contribution in [3.8, 4) is 0 Å². The summed E-state index contributed by atoms with van der Waals surface area (Å²) >= 11 is 0. The Labute approximate surface area is 132 Å². The van der Waals surface area contributed by atoms with E-state index in [1.54, 1.807) is 0 Å². The summed E-state index contributed by atoms with van der Waals surface area (Å²) in [5.74, 6) is 1.91. The zero-order valence-corrected chi connectivity index (χ0v) is 14.7. The van der Waals surface area contributed by atoms with Crippen molar-refractivity contribution < 1.29 is 0 Å². The minimum Gasteiger partial charge on any atom is -0.356 e. The van der Waals surface area contributed by atoms with Crippen molar-refractivity contribution >= 4 is 5.96 Å². The van der Waals surface area contributed by atoms with Gasteiger partial charge in [0.2, 0.25) is 0 Å². The molecule has 1 saturated heterocycles. The van der Waals surface area contributed by atoms with E-state index in [0.29, 0.717) is 0 Å². The maximum Gasteiger partial charge on any atom is 0.193 e. The maximum atomic E-state index is 4.44. The van der Waals surface area contributed by atoms with Gasteiger partial charge in [-0.2, -0.15) is 0 Å².